The summed E-state index contributed by atoms with van der Waals surface area (Å²) in [5.74, 6) is -1.63. The minimum atomic E-state index is -1.06. The molecule has 28 heavy (non-hydrogen) atoms. The number of fused-ring (bicyclic) bond motifs is 1. The zero-order valence-corrected chi connectivity index (χ0v) is 16.2. The summed E-state index contributed by atoms with van der Waals surface area (Å²) >= 11 is 0. The predicted molar refractivity (Wildman–Crippen MR) is 103 cm³/mol. The summed E-state index contributed by atoms with van der Waals surface area (Å²) in [5, 5.41) is 9.45. The van der Waals surface area contributed by atoms with Crippen LogP contribution in [0.15, 0.2) is 15.7 Å². The monoisotopic (exact) mass is 388 g/mol. The van der Waals surface area contributed by atoms with Gasteiger partial charge >= 0.3 is 11.7 Å². The molecule has 9 heteroatoms. The van der Waals surface area contributed by atoms with E-state index < -0.39 is 29.2 Å². The lowest BCUT2D eigenvalue weighted by Crippen LogP contribution is -2.41. The molecule has 0 saturated carbocycles. The first-order chi connectivity index (χ1) is 13.3. The number of nitrogens with zero attached hydrogens (tertiary/aromatic N) is 3. The Labute approximate surface area is 161 Å². The Kier molecular flexibility index (Phi) is 5.35. The summed E-state index contributed by atoms with van der Waals surface area (Å²) < 4.78 is 1.36. The van der Waals surface area contributed by atoms with E-state index >= 15 is 0 Å². The first-order valence-corrected chi connectivity index (χ1v) is 9.47. The van der Waals surface area contributed by atoms with Gasteiger partial charge in [0.1, 0.15) is 6.04 Å². The number of hydrogen-bond acceptors (Lipinski definition) is 5. The average molecular weight is 388 g/mol. The number of pyridine rings is 1. The van der Waals surface area contributed by atoms with Crippen LogP contribution in [0.25, 0.3) is 11.0 Å². The number of carboxylic acids is 1. The van der Waals surface area contributed by atoms with Crippen molar-refractivity contribution in [1.82, 2.24) is 19.4 Å². The highest BCUT2D eigenvalue weighted by Crippen LogP contribution is 2.25. The summed E-state index contributed by atoms with van der Waals surface area (Å²) in [5.41, 5.74) is -0.443. The molecular weight excluding hydrogens is 364 g/mol. The van der Waals surface area contributed by atoms with Crippen molar-refractivity contribution in [3.8, 4) is 0 Å². The van der Waals surface area contributed by atoms with Crippen molar-refractivity contribution in [2.75, 3.05) is 6.54 Å². The fourth-order valence-electron chi connectivity index (χ4n) is 3.61. The fraction of sp³-hybridized carbons (Fsp3) is 0.526. The predicted octanol–water partition coefficient (Wildman–Crippen LogP) is 1.31. The molecule has 3 heterocycles. The van der Waals surface area contributed by atoms with Gasteiger partial charge in [0.25, 0.3) is 11.5 Å². The van der Waals surface area contributed by atoms with Gasteiger partial charge in [-0.3, -0.25) is 19.1 Å². The highest BCUT2D eigenvalue weighted by atomic mass is 16.4. The maximum absolute atomic E-state index is 13.3. The van der Waals surface area contributed by atoms with Gasteiger partial charge < -0.3 is 10.0 Å². The van der Waals surface area contributed by atoms with E-state index in [9.17, 15) is 24.3 Å². The van der Waals surface area contributed by atoms with E-state index in [1.165, 1.54) is 9.47 Å². The van der Waals surface area contributed by atoms with Gasteiger partial charge in [0.15, 0.2) is 5.65 Å². The molecule has 150 valence electrons. The van der Waals surface area contributed by atoms with E-state index in [0.717, 1.165) is 0 Å². The molecule has 1 atom stereocenters. The number of H-pyrrole nitrogens is 1. The number of rotatable bonds is 5. The van der Waals surface area contributed by atoms with Crippen LogP contribution in [0.5, 0.6) is 0 Å². The summed E-state index contributed by atoms with van der Waals surface area (Å²) in [6.07, 6.45) is 1.60. The zero-order chi connectivity index (χ0) is 20.6. The standard InChI is InChI=1S/C19H24N4O5/c1-4-7-23-15-14(16(24)21-19(23)28)11(9-12(20-15)10(2)3)17(25)22-8-5-6-13(22)18(26)27/h9-10,13H,4-8H2,1-3H3,(H,26,27)(H,21,24,28)/t13-/m1/s1. The number of carbonyl (C=O) groups excluding carboxylic acids is 1. The normalized spacial score (nSPS) is 16.9. The quantitative estimate of drug-likeness (QED) is 0.795. The number of hydrogen-bond donors (Lipinski definition) is 2. The summed E-state index contributed by atoms with van der Waals surface area (Å²) in [6.45, 7) is 6.34. The number of aryl methyl sites for hydroxylation is 1. The van der Waals surface area contributed by atoms with Gasteiger partial charge in [-0.15, -0.1) is 0 Å². The zero-order valence-electron chi connectivity index (χ0n) is 16.2. The summed E-state index contributed by atoms with van der Waals surface area (Å²) in [6, 6.07) is 0.626. The molecule has 1 saturated heterocycles. The number of aromatic amines is 1. The molecule has 1 fully saturated rings. The lowest BCUT2D eigenvalue weighted by atomic mass is 10.0. The lowest BCUT2D eigenvalue weighted by Gasteiger charge is -2.23. The number of carbonyl (C=O) groups is 2. The Bertz CT molecular complexity index is 1050. The van der Waals surface area contributed by atoms with Crippen LogP contribution in [0.3, 0.4) is 0 Å². The van der Waals surface area contributed by atoms with Crippen LogP contribution in [0, 0.1) is 0 Å². The first-order valence-electron chi connectivity index (χ1n) is 9.47. The molecule has 0 unspecified atom stereocenters. The maximum Gasteiger partial charge on any atom is 0.329 e. The van der Waals surface area contributed by atoms with E-state index in [1.807, 2.05) is 20.8 Å². The smallest absolute Gasteiger partial charge is 0.329 e. The third kappa shape index (κ3) is 3.32. The van der Waals surface area contributed by atoms with Gasteiger partial charge in [-0.2, -0.15) is 0 Å². The van der Waals surface area contributed by atoms with Crippen LogP contribution < -0.4 is 11.2 Å². The molecular formula is C19H24N4O5. The molecule has 0 radical (unpaired) electrons. The molecule has 3 rings (SSSR count). The number of aliphatic carboxylic acids is 1. The lowest BCUT2D eigenvalue weighted by molar-refractivity contribution is -0.141. The highest BCUT2D eigenvalue weighted by molar-refractivity contribution is 6.06. The van der Waals surface area contributed by atoms with Crippen LogP contribution in [0.1, 0.15) is 62.0 Å². The fourth-order valence-corrected chi connectivity index (χ4v) is 3.61. The Morgan fingerprint density at radius 1 is 1.36 bits per heavy atom. The van der Waals surface area contributed by atoms with Crippen molar-refractivity contribution in [2.24, 2.45) is 0 Å². The van der Waals surface area contributed by atoms with Gasteiger partial charge in [0.2, 0.25) is 0 Å². The van der Waals surface area contributed by atoms with Crippen molar-refractivity contribution in [3.05, 3.63) is 38.2 Å². The minimum Gasteiger partial charge on any atom is -0.480 e. The van der Waals surface area contributed by atoms with Crippen LogP contribution in [0.2, 0.25) is 0 Å². The molecule has 0 aliphatic carbocycles. The first kappa shape index (κ1) is 19.8. The van der Waals surface area contributed by atoms with Crippen molar-refractivity contribution in [3.63, 3.8) is 0 Å². The van der Waals surface area contributed by atoms with E-state index in [0.29, 0.717) is 38.0 Å². The SMILES string of the molecule is CCCn1c(=O)[nH]c(=O)c2c(C(=O)N3CCC[C@@H]3C(=O)O)cc(C(C)C)nc21. The summed E-state index contributed by atoms with van der Waals surface area (Å²) in [7, 11) is 0. The van der Waals surface area contributed by atoms with Crippen molar-refractivity contribution < 1.29 is 14.7 Å². The molecule has 1 aliphatic heterocycles. The third-order valence-corrected chi connectivity index (χ3v) is 5.04. The Balaban J connectivity index is 2.31. The number of nitrogens with one attached hydrogen (secondary N) is 1. The number of carboxylic acid groups (broad SMARTS) is 1. The van der Waals surface area contributed by atoms with Gasteiger partial charge in [-0.05, 0) is 31.2 Å². The third-order valence-electron chi connectivity index (χ3n) is 5.04. The second-order valence-corrected chi connectivity index (χ2v) is 7.35. The second kappa shape index (κ2) is 7.57. The van der Waals surface area contributed by atoms with Crippen LogP contribution in [0.4, 0.5) is 0 Å². The van der Waals surface area contributed by atoms with E-state index in [-0.39, 0.29) is 22.5 Å². The molecule has 0 spiro atoms. The van der Waals surface area contributed by atoms with Crippen LogP contribution in [-0.2, 0) is 11.3 Å². The van der Waals surface area contributed by atoms with Gasteiger partial charge in [0.05, 0.1) is 10.9 Å². The molecule has 1 amide bonds. The number of aromatic nitrogens is 3. The maximum atomic E-state index is 13.3. The van der Waals surface area contributed by atoms with Gasteiger partial charge in [0, 0.05) is 18.8 Å². The van der Waals surface area contributed by atoms with Crippen molar-refractivity contribution in [2.45, 2.75) is 58.5 Å². The Morgan fingerprint density at radius 2 is 2.07 bits per heavy atom. The van der Waals surface area contributed by atoms with Crippen LogP contribution >= 0.6 is 0 Å². The van der Waals surface area contributed by atoms with Crippen molar-refractivity contribution in [1.29, 1.82) is 0 Å². The largest absolute Gasteiger partial charge is 0.480 e. The number of likely N-dealkylation sites (tertiary alicyclic amines) is 1. The van der Waals surface area contributed by atoms with E-state index in [4.69, 9.17) is 0 Å². The van der Waals surface area contributed by atoms with E-state index in [2.05, 4.69) is 9.97 Å². The van der Waals surface area contributed by atoms with E-state index in [1.54, 1.807) is 6.07 Å². The molecule has 2 N–H and O–H groups in total. The van der Waals surface area contributed by atoms with Gasteiger partial charge in [-0.25, -0.2) is 14.6 Å². The Morgan fingerprint density at radius 3 is 2.68 bits per heavy atom. The molecule has 2 aromatic heterocycles. The molecule has 1 aliphatic rings. The molecule has 9 nitrogen and oxygen atoms in total. The minimum absolute atomic E-state index is 0.0264. The molecule has 0 bridgehead atoms. The molecule has 0 aromatic carbocycles. The average Bonchev–Trinajstić information content (AvgIpc) is 3.13. The van der Waals surface area contributed by atoms with Gasteiger partial charge in [-0.1, -0.05) is 20.8 Å². The highest BCUT2D eigenvalue weighted by Gasteiger charge is 2.36. The molecule has 2 aromatic rings. The summed E-state index contributed by atoms with van der Waals surface area (Å²) in [4.78, 5) is 57.7. The number of amides is 1. The Hall–Kier alpha value is -2.97. The topological polar surface area (TPSA) is 125 Å². The van der Waals surface area contributed by atoms with Crippen LogP contribution in [-0.4, -0.2) is 49.0 Å². The second-order valence-electron chi connectivity index (χ2n) is 7.35. The van der Waals surface area contributed by atoms with Crippen molar-refractivity contribution >= 4 is 22.9 Å².